The van der Waals surface area contributed by atoms with Crippen LogP contribution in [0, 0.1) is 5.92 Å². The van der Waals surface area contributed by atoms with Crippen LogP contribution in [0.25, 0.3) is 0 Å². The van der Waals surface area contributed by atoms with Crippen molar-refractivity contribution in [1.82, 2.24) is 14.9 Å². The Kier molecular flexibility index (Phi) is 3.32. The summed E-state index contributed by atoms with van der Waals surface area (Å²) in [5.74, 6) is 1.40. The van der Waals surface area contributed by atoms with Crippen LogP contribution < -0.4 is 5.32 Å². The number of amides is 1. The summed E-state index contributed by atoms with van der Waals surface area (Å²) in [6.45, 7) is 1.92. The van der Waals surface area contributed by atoms with Crippen LogP contribution in [0.1, 0.15) is 31.5 Å². The number of aromatic nitrogens is 2. The Morgan fingerprint density at radius 3 is 3.17 bits per heavy atom. The third-order valence-corrected chi connectivity index (χ3v) is 3.88. The van der Waals surface area contributed by atoms with Gasteiger partial charge in [0.1, 0.15) is 12.4 Å². The van der Waals surface area contributed by atoms with Crippen molar-refractivity contribution in [1.29, 1.82) is 0 Å². The summed E-state index contributed by atoms with van der Waals surface area (Å²) in [5, 5.41) is 3.02. The number of hydrogen-bond acceptors (Lipinski definition) is 3. The minimum atomic E-state index is 0.0667. The van der Waals surface area contributed by atoms with Crippen molar-refractivity contribution in [3.05, 3.63) is 18.2 Å². The summed E-state index contributed by atoms with van der Waals surface area (Å²) in [6, 6.07) is 0. The summed E-state index contributed by atoms with van der Waals surface area (Å²) in [5.41, 5.74) is 0. The van der Waals surface area contributed by atoms with Crippen LogP contribution in [-0.4, -0.2) is 28.1 Å². The normalized spacial score (nSPS) is 23.9. The van der Waals surface area contributed by atoms with E-state index in [-0.39, 0.29) is 17.9 Å². The van der Waals surface area contributed by atoms with E-state index in [1.165, 1.54) is 12.8 Å². The molecule has 98 valence electrons. The van der Waals surface area contributed by atoms with Crippen LogP contribution >= 0.6 is 0 Å². The lowest BCUT2D eigenvalue weighted by Crippen LogP contribution is -2.40. The van der Waals surface area contributed by atoms with E-state index in [0.29, 0.717) is 13.2 Å². The molecule has 0 saturated heterocycles. The molecular formula is C13H19N3O2. The number of carbonyl (C=O) groups is 1. The number of imidazole rings is 1. The van der Waals surface area contributed by atoms with Gasteiger partial charge in [-0.15, -0.1) is 0 Å². The van der Waals surface area contributed by atoms with Gasteiger partial charge in [-0.1, -0.05) is 12.8 Å². The van der Waals surface area contributed by atoms with Crippen molar-refractivity contribution < 1.29 is 9.53 Å². The number of carbonyl (C=O) groups excluding carboxylic acids is 1. The smallest absolute Gasteiger partial charge is 0.223 e. The Bertz CT molecular complexity index is 424. The van der Waals surface area contributed by atoms with E-state index in [2.05, 4.69) is 14.9 Å². The standard InChI is InChI=1S/C13H19N3O2/c17-13(10-3-1-2-4-10)15-7-11-8-16-6-5-14-12(16)9-18-11/h5-6,10-11H,1-4,7-9H2,(H,15,17)/t11-/m0/s1. The van der Waals surface area contributed by atoms with Crippen molar-refractivity contribution in [2.45, 2.75) is 44.9 Å². The fourth-order valence-corrected chi connectivity index (χ4v) is 2.78. The highest BCUT2D eigenvalue weighted by Crippen LogP contribution is 2.24. The molecule has 2 aliphatic rings. The Labute approximate surface area is 107 Å². The quantitative estimate of drug-likeness (QED) is 0.872. The van der Waals surface area contributed by atoms with Gasteiger partial charge in [0, 0.05) is 24.9 Å². The third-order valence-electron chi connectivity index (χ3n) is 3.88. The highest BCUT2D eigenvalue weighted by atomic mass is 16.5. The average Bonchev–Trinajstić information content (AvgIpc) is 3.05. The lowest BCUT2D eigenvalue weighted by molar-refractivity contribution is -0.125. The molecule has 0 radical (unpaired) electrons. The maximum absolute atomic E-state index is 11.9. The molecule has 1 atom stereocenters. The second kappa shape index (κ2) is 5.10. The zero-order chi connectivity index (χ0) is 12.4. The summed E-state index contributed by atoms with van der Waals surface area (Å²) in [6.07, 6.45) is 8.29. The Morgan fingerprint density at radius 1 is 1.50 bits per heavy atom. The molecular weight excluding hydrogens is 230 g/mol. The lowest BCUT2D eigenvalue weighted by Gasteiger charge is -2.25. The molecule has 1 amide bonds. The molecule has 1 aromatic rings. The molecule has 1 aliphatic carbocycles. The topological polar surface area (TPSA) is 56.2 Å². The Morgan fingerprint density at radius 2 is 2.33 bits per heavy atom. The fraction of sp³-hybridized carbons (Fsp3) is 0.692. The van der Waals surface area contributed by atoms with Gasteiger partial charge < -0.3 is 14.6 Å². The van der Waals surface area contributed by atoms with E-state index in [1.807, 2.05) is 6.20 Å². The number of hydrogen-bond donors (Lipinski definition) is 1. The van der Waals surface area contributed by atoms with Crippen molar-refractivity contribution >= 4 is 5.91 Å². The molecule has 1 fully saturated rings. The molecule has 1 saturated carbocycles. The van der Waals surface area contributed by atoms with E-state index in [9.17, 15) is 4.79 Å². The summed E-state index contributed by atoms with van der Waals surface area (Å²) in [4.78, 5) is 16.1. The van der Waals surface area contributed by atoms with E-state index in [1.54, 1.807) is 6.20 Å². The second-order valence-electron chi connectivity index (χ2n) is 5.16. The maximum atomic E-state index is 11.9. The van der Waals surface area contributed by atoms with E-state index in [0.717, 1.165) is 25.2 Å². The highest BCUT2D eigenvalue weighted by Gasteiger charge is 2.24. The molecule has 1 aromatic heterocycles. The van der Waals surface area contributed by atoms with E-state index in [4.69, 9.17) is 4.74 Å². The van der Waals surface area contributed by atoms with Crippen LogP contribution in [-0.2, 0) is 22.7 Å². The van der Waals surface area contributed by atoms with E-state index < -0.39 is 0 Å². The molecule has 1 aliphatic heterocycles. The number of rotatable bonds is 3. The van der Waals surface area contributed by atoms with Crippen LogP contribution in [0.15, 0.2) is 12.4 Å². The zero-order valence-electron chi connectivity index (χ0n) is 10.5. The molecule has 0 aromatic carbocycles. The molecule has 2 heterocycles. The van der Waals surface area contributed by atoms with Crippen LogP contribution in [0.3, 0.4) is 0 Å². The molecule has 3 rings (SSSR count). The van der Waals surface area contributed by atoms with Crippen LogP contribution in [0.4, 0.5) is 0 Å². The molecule has 0 spiro atoms. The largest absolute Gasteiger partial charge is 0.367 e. The van der Waals surface area contributed by atoms with Crippen molar-refractivity contribution in [3.63, 3.8) is 0 Å². The van der Waals surface area contributed by atoms with Crippen molar-refractivity contribution in [3.8, 4) is 0 Å². The molecule has 5 heteroatoms. The van der Waals surface area contributed by atoms with Gasteiger partial charge in [-0.2, -0.15) is 0 Å². The highest BCUT2D eigenvalue weighted by molar-refractivity contribution is 5.78. The number of fused-ring (bicyclic) bond motifs is 1. The number of nitrogens with one attached hydrogen (secondary N) is 1. The van der Waals surface area contributed by atoms with Gasteiger partial charge in [0.25, 0.3) is 0 Å². The maximum Gasteiger partial charge on any atom is 0.223 e. The monoisotopic (exact) mass is 249 g/mol. The SMILES string of the molecule is O=C(NC[C@H]1Cn2ccnc2CO1)C1CCCC1. The first kappa shape index (κ1) is 11.7. The van der Waals surface area contributed by atoms with Gasteiger partial charge >= 0.3 is 0 Å². The molecule has 5 nitrogen and oxygen atoms in total. The number of nitrogens with zero attached hydrogens (tertiary/aromatic N) is 2. The van der Waals surface area contributed by atoms with E-state index >= 15 is 0 Å². The summed E-state index contributed by atoms with van der Waals surface area (Å²) < 4.78 is 7.77. The van der Waals surface area contributed by atoms with Gasteiger partial charge in [0.05, 0.1) is 12.6 Å². The molecule has 0 bridgehead atoms. The zero-order valence-corrected chi connectivity index (χ0v) is 10.5. The van der Waals surface area contributed by atoms with Crippen molar-refractivity contribution in [2.75, 3.05) is 6.54 Å². The predicted molar refractivity (Wildman–Crippen MR) is 65.8 cm³/mol. The van der Waals surface area contributed by atoms with Gasteiger partial charge in [0.15, 0.2) is 0 Å². The summed E-state index contributed by atoms with van der Waals surface area (Å²) >= 11 is 0. The van der Waals surface area contributed by atoms with Crippen molar-refractivity contribution in [2.24, 2.45) is 5.92 Å². The molecule has 1 N–H and O–H groups in total. The Hall–Kier alpha value is -1.36. The van der Waals surface area contributed by atoms with Gasteiger partial charge in [0.2, 0.25) is 5.91 Å². The molecule has 0 unspecified atom stereocenters. The number of ether oxygens (including phenoxy) is 1. The fourth-order valence-electron chi connectivity index (χ4n) is 2.78. The van der Waals surface area contributed by atoms with Gasteiger partial charge in [-0.3, -0.25) is 4.79 Å². The second-order valence-corrected chi connectivity index (χ2v) is 5.16. The van der Waals surface area contributed by atoms with Gasteiger partial charge in [-0.25, -0.2) is 4.98 Å². The Balaban J connectivity index is 1.48. The first-order valence-electron chi connectivity index (χ1n) is 6.72. The average molecular weight is 249 g/mol. The first-order chi connectivity index (χ1) is 8.83. The summed E-state index contributed by atoms with van der Waals surface area (Å²) in [7, 11) is 0. The van der Waals surface area contributed by atoms with Crippen LogP contribution in [0.2, 0.25) is 0 Å². The molecule has 18 heavy (non-hydrogen) atoms. The third kappa shape index (κ3) is 2.41. The lowest BCUT2D eigenvalue weighted by atomic mass is 10.1. The van der Waals surface area contributed by atoms with Gasteiger partial charge in [-0.05, 0) is 12.8 Å². The first-order valence-corrected chi connectivity index (χ1v) is 6.72. The van der Waals surface area contributed by atoms with Crippen LogP contribution in [0.5, 0.6) is 0 Å². The predicted octanol–water partition coefficient (Wildman–Crippen LogP) is 1.09. The minimum Gasteiger partial charge on any atom is -0.367 e. The minimum absolute atomic E-state index is 0.0667.